The maximum Gasteiger partial charge on any atom is 0.338 e. The van der Waals surface area contributed by atoms with Gasteiger partial charge >= 0.3 is 5.97 Å². The number of rotatable bonds is 6. The zero-order chi connectivity index (χ0) is 19.3. The number of carbonyl (C=O) groups is 1. The van der Waals surface area contributed by atoms with Crippen LogP contribution in [0.15, 0.2) is 53.0 Å². The average molecular weight is 421 g/mol. The van der Waals surface area contributed by atoms with Crippen molar-refractivity contribution in [3.8, 4) is 0 Å². The molecule has 2 atom stereocenters. The molecule has 2 aromatic carbocycles. The number of hydrogen-bond acceptors (Lipinski definition) is 4. The lowest BCUT2D eigenvalue weighted by molar-refractivity contribution is -0.0913. The fraction of sp³-hybridized carbons (Fsp3) is 0.381. The van der Waals surface area contributed by atoms with Crippen molar-refractivity contribution in [3.63, 3.8) is 0 Å². The van der Waals surface area contributed by atoms with Gasteiger partial charge in [-0.25, -0.2) is 4.79 Å². The van der Waals surface area contributed by atoms with Gasteiger partial charge in [0.1, 0.15) is 5.60 Å². The maximum atomic E-state index is 12.1. The number of ether oxygens (including phenoxy) is 2. The van der Waals surface area contributed by atoms with Crippen LogP contribution in [0.1, 0.15) is 48.2 Å². The SMILES string of the molecule is COC(O)C(Cc1ccc(C(=O)OC(C)(C)C)cc1)c1ccc(Br)cc1. The van der Waals surface area contributed by atoms with E-state index in [4.69, 9.17) is 9.47 Å². The van der Waals surface area contributed by atoms with Crippen LogP contribution in [-0.2, 0) is 15.9 Å². The Balaban J connectivity index is 2.16. The Morgan fingerprint density at radius 3 is 2.15 bits per heavy atom. The fourth-order valence-corrected chi connectivity index (χ4v) is 2.89. The van der Waals surface area contributed by atoms with E-state index in [1.165, 1.54) is 7.11 Å². The zero-order valence-corrected chi connectivity index (χ0v) is 17.1. The van der Waals surface area contributed by atoms with Crippen molar-refractivity contribution < 1.29 is 19.4 Å². The lowest BCUT2D eigenvalue weighted by atomic mass is 9.91. The second-order valence-corrected chi connectivity index (χ2v) is 8.10. The fourth-order valence-electron chi connectivity index (χ4n) is 2.63. The number of hydrogen-bond donors (Lipinski definition) is 1. The molecule has 0 aliphatic heterocycles. The summed E-state index contributed by atoms with van der Waals surface area (Å²) in [5.41, 5.74) is 1.97. The van der Waals surface area contributed by atoms with Crippen molar-refractivity contribution in [2.24, 2.45) is 0 Å². The van der Waals surface area contributed by atoms with Gasteiger partial charge in [-0.3, -0.25) is 0 Å². The molecule has 0 saturated carbocycles. The average Bonchev–Trinajstić information content (AvgIpc) is 2.59. The Kier molecular flexibility index (Phi) is 6.98. The largest absolute Gasteiger partial charge is 0.456 e. The Morgan fingerprint density at radius 1 is 1.08 bits per heavy atom. The number of esters is 1. The van der Waals surface area contributed by atoms with Crippen molar-refractivity contribution in [2.75, 3.05) is 7.11 Å². The minimum absolute atomic E-state index is 0.208. The van der Waals surface area contributed by atoms with E-state index in [1.54, 1.807) is 12.1 Å². The summed E-state index contributed by atoms with van der Waals surface area (Å²) < 4.78 is 11.5. The van der Waals surface area contributed by atoms with Gasteiger partial charge in [0.2, 0.25) is 0 Å². The summed E-state index contributed by atoms with van der Waals surface area (Å²) in [6.07, 6.45) is -0.327. The summed E-state index contributed by atoms with van der Waals surface area (Å²) in [5.74, 6) is -0.550. The minimum atomic E-state index is -0.915. The lowest BCUT2D eigenvalue weighted by Gasteiger charge is -2.23. The highest BCUT2D eigenvalue weighted by Gasteiger charge is 2.22. The lowest BCUT2D eigenvalue weighted by Crippen LogP contribution is -2.24. The third-order valence-corrected chi connectivity index (χ3v) is 4.46. The van der Waals surface area contributed by atoms with E-state index in [9.17, 15) is 9.90 Å². The molecule has 0 heterocycles. The predicted molar refractivity (Wildman–Crippen MR) is 105 cm³/mol. The molecule has 140 valence electrons. The number of aliphatic hydroxyl groups excluding tert-OH is 1. The molecule has 2 aromatic rings. The van der Waals surface area contributed by atoms with Crippen LogP contribution >= 0.6 is 15.9 Å². The molecule has 0 saturated heterocycles. The van der Waals surface area contributed by atoms with Gasteiger partial charge in [-0.05, 0) is 62.6 Å². The molecule has 5 heteroatoms. The number of carbonyl (C=O) groups excluding carboxylic acids is 1. The van der Waals surface area contributed by atoms with Gasteiger partial charge in [-0.15, -0.1) is 0 Å². The molecular formula is C21H25BrO4. The number of halogens is 1. The maximum absolute atomic E-state index is 12.1. The molecule has 2 rings (SSSR count). The van der Waals surface area contributed by atoms with Gasteiger partial charge < -0.3 is 14.6 Å². The van der Waals surface area contributed by atoms with E-state index >= 15 is 0 Å². The van der Waals surface area contributed by atoms with Crippen LogP contribution in [0.3, 0.4) is 0 Å². The molecule has 0 fully saturated rings. The summed E-state index contributed by atoms with van der Waals surface area (Å²) >= 11 is 3.42. The quantitative estimate of drug-likeness (QED) is 0.543. The molecular weight excluding hydrogens is 396 g/mol. The Morgan fingerprint density at radius 2 is 1.65 bits per heavy atom. The molecule has 2 unspecified atom stereocenters. The highest BCUT2D eigenvalue weighted by Crippen LogP contribution is 2.27. The standard InChI is InChI=1S/C21H25BrO4/c1-21(2,3)26-19(23)16-7-5-14(6-8-16)13-18(20(24)25-4)15-9-11-17(22)12-10-15/h5-12,18,20,24H,13H2,1-4H3. The normalized spacial score (nSPS) is 13.9. The summed E-state index contributed by atoms with van der Waals surface area (Å²) in [7, 11) is 1.49. The molecule has 4 nitrogen and oxygen atoms in total. The van der Waals surface area contributed by atoms with E-state index < -0.39 is 11.9 Å². The number of methoxy groups -OCH3 is 1. The molecule has 26 heavy (non-hydrogen) atoms. The van der Waals surface area contributed by atoms with Crippen LogP contribution in [0, 0.1) is 0 Å². The Bertz CT molecular complexity index is 717. The van der Waals surface area contributed by atoms with Crippen molar-refractivity contribution in [1.82, 2.24) is 0 Å². The van der Waals surface area contributed by atoms with Crippen molar-refractivity contribution >= 4 is 21.9 Å². The van der Waals surface area contributed by atoms with Gasteiger partial charge in [-0.2, -0.15) is 0 Å². The molecule has 0 amide bonds. The predicted octanol–water partition coefficient (Wildman–Crippen LogP) is 4.70. The van der Waals surface area contributed by atoms with Crippen LogP contribution in [0.2, 0.25) is 0 Å². The number of aliphatic hydroxyl groups is 1. The summed E-state index contributed by atoms with van der Waals surface area (Å²) in [4.78, 5) is 12.1. The van der Waals surface area contributed by atoms with E-state index in [2.05, 4.69) is 15.9 Å². The first-order chi connectivity index (χ1) is 12.2. The number of benzene rings is 2. The molecule has 0 radical (unpaired) electrons. The van der Waals surface area contributed by atoms with E-state index in [-0.39, 0.29) is 11.9 Å². The van der Waals surface area contributed by atoms with Crippen LogP contribution in [0.25, 0.3) is 0 Å². The van der Waals surface area contributed by atoms with Crippen LogP contribution in [0.5, 0.6) is 0 Å². The molecule has 0 bridgehead atoms. The van der Waals surface area contributed by atoms with Crippen molar-refractivity contribution in [2.45, 2.75) is 45.0 Å². The summed E-state index contributed by atoms with van der Waals surface area (Å²) in [6.45, 7) is 5.52. The van der Waals surface area contributed by atoms with Gasteiger partial charge in [0.15, 0.2) is 6.29 Å². The molecule has 1 N–H and O–H groups in total. The van der Waals surface area contributed by atoms with Gasteiger partial charge in [0.25, 0.3) is 0 Å². The van der Waals surface area contributed by atoms with Crippen LogP contribution in [0.4, 0.5) is 0 Å². The van der Waals surface area contributed by atoms with Gasteiger partial charge in [-0.1, -0.05) is 40.2 Å². The van der Waals surface area contributed by atoms with Gasteiger partial charge in [0.05, 0.1) is 5.56 Å². The molecule has 0 spiro atoms. The van der Waals surface area contributed by atoms with Crippen LogP contribution < -0.4 is 0 Å². The smallest absolute Gasteiger partial charge is 0.338 e. The first kappa shape index (κ1) is 20.6. The Hall–Kier alpha value is -1.69. The first-order valence-electron chi connectivity index (χ1n) is 8.48. The van der Waals surface area contributed by atoms with E-state index in [0.29, 0.717) is 12.0 Å². The summed E-state index contributed by atoms with van der Waals surface area (Å²) in [5, 5.41) is 10.3. The zero-order valence-electron chi connectivity index (χ0n) is 15.5. The second-order valence-electron chi connectivity index (χ2n) is 7.19. The topological polar surface area (TPSA) is 55.8 Å². The molecule has 0 aliphatic rings. The van der Waals surface area contributed by atoms with Crippen molar-refractivity contribution in [1.29, 1.82) is 0 Å². The van der Waals surface area contributed by atoms with Gasteiger partial charge in [0, 0.05) is 17.5 Å². The summed E-state index contributed by atoms with van der Waals surface area (Å²) in [6, 6.07) is 15.1. The monoisotopic (exact) mass is 420 g/mol. The minimum Gasteiger partial charge on any atom is -0.456 e. The first-order valence-corrected chi connectivity index (χ1v) is 9.27. The van der Waals surface area contributed by atoms with Crippen molar-refractivity contribution in [3.05, 3.63) is 69.7 Å². The van der Waals surface area contributed by atoms with Crippen LogP contribution in [-0.4, -0.2) is 30.1 Å². The molecule has 0 aromatic heterocycles. The third-order valence-electron chi connectivity index (χ3n) is 3.93. The van der Waals surface area contributed by atoms with E-state index in [1.807, 2.05) is 57.2 Å². The highest BCUT2D eigenvalue weighted by molar-refractivity contribution is 9.10. The third kappa shape index (κ3) is 5.94. The Labute approximate surface area is 163 Å². The highest BCUT2D eigenvalue weighted by atomic mass is 79.9. The van der Waals surface area contributed by atoms with E-state index in [0.717, 1.165) is 15.6 Å². The molecule has 0 aliphatic carbocycles. The second kappa shape index (κ2) is 8.80.